The number of hydrogen-bond acceptors (Lipinski definition) is 2. The molecule has 2 atom stereocenters. The molecule has 0 saturated carbocycles. The molecule has 0 aromatic heterocycles. The first-order valence-electron chi connectivity index (χ1n) is 6.30. The fourth-order valence-corrected chi connectivity index (χ4v) is 4.22. The summed E-state index contributed by atoms with van der Waals surface area (Å²) in [4.78, 5) is 23.0. The van der Waals surface area contributed by atoms with Gasteiger partial charge in [-0.2, -0.15) is 21.8 Å². The zero-order chi connectivity index (χ0) is 15.1. The van der Waals surface area contributed by atoms with Gasteiger partial charge in [-0.25, -0.2) is 0 Å². The SMILES string of the molecule is C=CC(=O)[SH](C)Cc1ccc(C[SH](C)C(=O)C=C)cc1. The minimum Gasteiger partial charge on any atom is -0.284 e. The van der Waals surface area contributed by atoms with Crippen molar-refractivity contribution in [3.05, 3.63) is 60.7 Å². The number of carbonyl (C=O) groups is 2. The van der Waals surface area contributed by atoms with Crippen LogP contribution < -0.4 is 0 Å². The van der Waals surface area contributed by atoms with E-state index in [0.717, 1.165) is 22.6 Å². The fourth-order valence-electron chi connectivity index (χ4n) is 1.77. The topological polar surface area (TPSA) is 34.1 Å². The van der Waals surface area contributed by atoms with Crippen molar-refractivity contribution in [1.82, 2.24) is 0 Å². The largest absolute Gasteiger partial charge is 0.284 e. The number of hydrogen-bond donors (Lipinski definition) is 2. The van der Waals surface area contributed by atoms with Gasteiger partial charge in [-0.15, -0.1) is 0 Å². The zero-order valence-electron chi connectivity index (χ0n) is 12.0. The summed E-state index contributed by atoms with van der Waals surface area (Å²) in [5.41, 5.74) is 2.32. The fraction of sp³-hybridized carbons (Fsp3) is 0.250. The molecule has 4 heteroatoms. The summed E-state index contributed by atoms with van der Waals surface area (Å²) in [6, 6.07) is 8.19. The monoisotopic (exact) mass is 310 g/mol. The Bertz CT molecular complexity index is 459. The second-order valence-corrected chi connectivity index (χ2v) is 8.92. The minimum absolute atomic E-state index is 0.137. The van der Waals surface area contributed by atoms with Gasteiger partial charge in [0.1, 0.15) is 0 Å². The molecule has 0 aliphatic carbocycles. The van der Waals surface area contributed by atoms with Gasteiger partial charge in [0.05, 0.1) is 0 Å². The minimum atomic E-state index is -0.678. The van der Waals surface area contributed by atoms with E-state index in [2.05, 4.69) is 13.2 Å². The molecule has 0 bridgehead atoms. The lowest BCUT2D eigenvalue weighted by molar-refractivity contribution is -0.107. The van der Waals surface area contributed by atoms with Gasteiger partial charge < -0.3 is 0 Å². The van der Waals surface area contributed by atoms with Crippen molar-refractivity contribution in [3.63, 3.8) is 0 Å². The molecule has 0 aliphatic rings. The molecule has 0 N–H and O–H groups in total. The quantitative estimate of drug-likeness (QED) is 0.624. The van der Waals surface area contributed by atoms with Crippen LogP contribution in [0, 0.1) is 0 Å². The van der Waals surface area contributed by atoms with Gasteiger partial charge in [-0.3, -0.25) is 9.59 Å². The van der Waals surface area contributed by atoms with Crippen LogP contribution in [0.15, 0.2) is 49.6 Å². The number of carbonyl (C=O) groups excluding carboxylic acids is 2. The first kappa shape index (κ1) is 16.8. The van der Waals surface area contributed by atoms with E-state index >= 15 is 0 Å². The predicted molar refractivity (Wildman–Crippen MR) is 94.1 cm³/mol. The first-order chi connectivity index (χ1) is 9.47. The third-order valence-corrected chi connectivity index (χ3v) is 6.51. The van der Waals surface area contributed by atoms with Crippen molar-refractivity contribution in [3.8, 4) is 0 Å². The Labute approximate surface area is 126 Å². The van der Waals surface area contributed by atoms with E-state index in [4.69, 9.17) is 0 Å². The van der Waals surface area contributed by atoms with Crippen molar-refractivity contribution in [2.75, 3.05) is 12.5 Å². The third kappa shape index (κ3) is 5.02. The van der Waals surface area contributed by atoms with E-state index in [1.807, 2.05) is 36.8 Å². The van der Waals surface area contributed by atoms with Crippen LogP contribution in [-0.2, 0) is 21.1 Å². The summed E-state index contributed by atoms with van der Waals surface area (Å²) in [7, 11) is -1.36. The summed E-state index contributed by atoms with van der Waals surface area (Å²) in [5.74, 6) is 1.57. The lowest BCUT2D eigenvalue weighted by atomic mass is 10.2. The molecule has 0 aliphatic heterocycles. The molecular weight excluding hydrogens is 288 g/mol. The molecule has 2 nitrogen and oxygen atoms in total. The van der Waals surface area contributed by atoms with Crippen LogP contribution in [-0.4, -0.2) is 22.7 Å². The maximum Gasteiger partial charge on any atom is 0.192 e. The number of thiol groups is 2. The molecule has 2 unspecified atom stereocenters. The summed E-state index contributed by atoms with van der Waals surface area (Å²) in [6.45, 7) is 7.05. The third-order valence-electron chi connectivity index (χ3n) is 2.96. The number of rotatable bonds is 6. The number of benzene rings is 1. The van der Waals surface area contributed by atoms with Gasteiger partial charge >= 0.3 is 0 Å². The second-order valence-electron chi connectivity index (χ2n) is 4.61. The van der Waals surface area contributed by atoms with Gasteiger partial charge in [0, 0.05) is 11.5 Å². The van der Waals surface area contributed by atoms with E-state index in [-0.39, 0.29) is 10.2 Å². The molecular formula is C16H22O2S2. The summed E-state index contributed by atoms with van der Waals surface area (Å²) in [6.07, 6.45) is 6.76. The molecule has 1 aromatic carbocycles. The van der Waals surface area contributed by atoms with Crippen LogP contribution in [0.1, 0.15) is 11.1 Å². The van der Waals surface area contributed by atoms with E-state index in [1.54, 1.807) is 0 Å². The molecule has 0 amide bonds. The lowest BCUT2D eigenvalue weighted by Gasteiger charge is -2.14. The smallest absolute Gasteiger partial charge is 0.192 e. The Morgan fingerprint density at radius 3 is 1.45 bits per heavy atom. The normalized spacial score (nSPS) is 15.1. The summed E-state index contributed by atoms with van der Waals surface area (Å²) in [5, 5.41) is 0.274. The van der Waals surface area contributed by atoms with E-state index in [0.29, 0.717) is 0 Å². The highest BCUT2D eigenvalue weighted by Gasteiger charge is 2.08. The van der Waals surface area contributed by atoms with Crippen LogP contribution in [0.5, 0.6) is 0 Å². The summed E-state index contributed by atoms with van der Waals surface area (Å²) >= 11 is 0. The van der Waals surface area contributed by atoms with Gasteiger partial charge in [0.2, 0.25) is 0 Å². The average Bonchev–Trinajstić information content (AvgIpc) is 2.47. The predicted octanol–water partition coefficient (Wildman–Crippen LogP) is 3.37. The van der Waals surface area contributed by atoms with E-state index < -0.39 is 21.8 Å². The Balaban J connectivity index is 2.65. The maximum absolute atomic E-state index is 11.5. The van der Waals surface area contributed by atoms with E-state index in [9.17, 15) is 9.59 Å². The molecule has 0 fully saturated rings. The molecule has 110 valence electrons. The van der Waals surface area contributed by atoms with Gasteiger partial charge in [-0.05, 0) is 35.8 Å². The van der Waals surface area contributed by atoms with Crippen LogP contribution in [0.25, 0.3) is 0 Å². The highest BCUT2D eigenvalue weighted by atomic mass is 32.2. The van der Waals surface area contributed by atoms with Crippen molar-refractivity contribution < 1.29 is 9.59 Å². The zero-order valence-corrected chi connectivity index (χ0v) is 13.8. The Morgan fingerprint density at radius 2 is 1.20 bits per heavy atom. The van der Waals surface area contributed by atoms with Gasteiger partial charge in [-0.1, -0.05) is 37.4 Å². The summed E-state index contributed by atoms with van der Waals surface area (Å²) < 4.78 is 0. The van der Waals surface area contributed by atoms with Crippen molar-refractivity contribution in [2.24, 2.45) is 0 Å². The van der Waals surface area contributed by atoms with Crippen molar-refractivity contribution in [1.29, 1.82) is 0 Å². The van der Waals surface area contributed by atoms with Crippen molar-refractivity contribution >= 4 is 32.0 Å². The van der Waals surface area contributed by atoms with Crippen LogP contribution in [0.3, 0.4) is 0 Å². The Kier molecular flexibility index (Phi) is 6.82. The van der Waals surface area contributed by atoms with Gasteiger partial charge in [0.15, 0.2) is 10.2 Å². The first-order valence-corrected chi connectivity index (χ1v) is 10.3. The molecule has 20 heavy (non-hydrogen) atoms. The molecule has 0 saturated heterocycles. The maximum atomic E-state index is 11.5. The van der Waals surface area contributed by atoms with Crippen LogP contribution >= 0.6 is 21.8 Å². The molecule has 1 aromatic rings. The van der Waals surface area contributed by atoms with Gasteiger partial charge in [0.25, 0.3) is 0 Å². The highest BCUT2D eigenvalue weighted by Crippen LogP contribution is 2.30. The molecule has 1 rings (SSSR count). The molecule has 0 heterocycles. The van der Waals surface area contributed by atoms with Crippen LogP contribution in [0.2, 0.25) is 0 Å². The Hall–Kier alpha value is -1.26. The molecule has 0 spiro atoms. The lowest BCUT2D eigenvalue weighted by Crippen LogP contribution is -1.98. The van der Waals surface area contributed by atoms with E-state index in [1.165, 1.54) is 12.2 Å². The van der Waals surface area contributed by atoms with Crippen LogP contribution in [0.4, 0.5) is 0 Å². The van der Waals surface area contributed by atoms with Crippen molar-refractivity contribution in [2.45, 2.75) is 11.5 Å². The standard InChI is InChI=1S/C16H22O2S2/c1-5-15(17)19(3)11-13-7-9-14(10-8-13)12-20(4)16(18)6-2/h5-10,19-20H,1-2,11-12H2,3-4H3. The second kappa shape index (κ2) is 8.12. The molecule has 0 radical (unpaired) electrons. The highest BCUT2D eigenvalue weighted by molar-refractivity contribution is 8.29. The Morgan fingerprint density at radius 1 is 0.900 bits per heavy atom. The average molecular weight is 310 g/mol.